The number of rotatable bonds is 10. The number of fused-ring (bicyclic) bond motifs is 1. The van der Waals surface area contributed by atoms with Crippen molar-refractivity contribution in [2.24, 2.45) is 11.7 Å². The van der Waals surface area contributed by atoms with E-state index < -0.39 is 22.7 Å². The molecule has 4 rings (SSSR count). The number of aryl methyl sites for hydroxylation is 1. The van der Waals surface area contributed by atoms with Crippen LogP contribution in [0.2, 0.25) is 0 Å². The van der Waals surface area contributed by atoms with Gasteiger partial charge in [0.05, 0.1) is 23.5 Å². The van der Waals surface area contributed by atoms with E-state index in [9.17, 15) is 24.3 Å². The van der Waals surface area contributed by atoms with Gasteiger partial charge in [0.2, 0.25) is 5.91 Å². The number of carbonyl (C=O) groups excluding carboxylic acids is 2. The molecule has 0 radical (unpaired) electrons. The number of hydrogen-bond donors (Lipinski definition) is 3. The highest BCUT2D eigenvalue weighted by molar-refractivity contribution is 7.20. The van der Waals surface area contributed by atoms with Gasteiger partial charge in [0.1, 0.15) is 16.1 Å². The maximum atomic E-state index is 14.2. The van der Waals surface area contributed by atoms with Crippen molar-refractivity contribution in [1.82, 2.24) is 14.5 Å². The Bertz CT molecular complexity index is 1560. The summed E-state index contributed by atoms with van der Waals surface area (Å²) in [5, 5.41) is 13.1. The number of thiophene rings is 1. The SMILES string of the molecule is CCNC(=O)c1sc2c(c1C)c(=O)n(C(C)(C)C(N)=O)c(=O)n2C[C@H](C[C@H]1CC[C@@H](O)CC1)c1ccccc1OC. The maximum Gasteiger partial charge on any atom is 0.333 e. The van der Waals surface area contributed by atoms with E-state index in [-0.39, 0.29) is 29.9 Å². The Morgan fingerprint density at radius 1 is 1.20 bits per heavy atom. The maximum absolute atomic E-state index is 14.2. The van der Waals surface area contributed by atoms with Crippen LogP contribution in [0.25, 0.3) is 10.2 Å². The van der Waals surface area contributed by atoms with Crippen molar-refractivity contribution in [2.45, 2.75) is 83.9 Å². The number of nitrogens with one attached hydrogen (secondary N) is 1. The van der Waals surface area contributed by atoms with E-state index in [4.69, 9.17) is 10.5 Å². The zero-order valence-electron chi connectivity index (χ0n) is 24.4. The highest BCUT2D eigenvalue weighted by atomic mass is 32.1. The van der Waals surface area contributed by atoms with Crippen LogP contribution in [0.5, 0.6) is 5.75 Å². The number of ether oxygens (including phenoxy) is 1. The topological polar surface area (TPSA) is 146 Å². The van der Waals surface area contributed by atoms with Gasteiger partial charge in [-0.3, -0.25) is 19.0 Å². The number of primary amides is 1. The predicted octanol–water partition coefficient (Wildman–Crippen LogP) is 3.24. The van der Waals surface area contributed by atoms with Gasteiger partial charge in [-0.05, 0) is 82.9 Å². The fourth-order valence-electron chi connectivity index (χ4n) is 5.87. The predicted molar refractivity (Wildman–Crippen MR) is 160 cm³/mol. The normalized spacial score (nSPS) is 18.3. The lowest BCUT2D eigenvalue weighted by Crippen LogP contribution is -2.54. The minimum atomic E-state index is -1.61. The molecule has 0 bridgehead atoms. The lowest BCUT2D eigenvalue weighted by Gasteiger charge is -2.30. The van der Waals surface area contributed by atoms with Crippen LogP contribution in [0, 0.1) is 12.8 Å². The van der Waals surface area contributed by atoms with Gasteiger partial charge in [-0.25, -0.2) is 9.36 Å². The average molecular weight is 585 g/mol. The monoisotopic (exact) mass is 584 g/mol. The van der Waals surface area contributed by atoms with Crippen LogP contribution in [0.3, 0.4) is 0 Å². The minimum Gasteiger partial charge on any atom is -0.496 e. The van der Waals surface area contributed by atoms with Gasteiger partial charge in [0.15, 0.2) is 0 Å². The average Bonchev–Trinajstić information content (AvgIpc) is 3.28. The molecule has 2 heterocycles. The van der Waals surface area contributed by atoms with Crippen molar-refractivity contribution in [3.05, 3.63) is 61.1 Å². The molecule has 4 N–H and O–H groups in total. The molecule has 0 saturated heterocycles. The van der Waals surface area contributed by atoms with Gasteiger partial charge in [0, 0.05) is 19.0 Å². The van der Waals surface area contributed by atoms with Gasteiger partial charge in [-0.15, -0.1) is 11.3 Å². The number of nitrogens with two attached hydrogens (primary N) is 1. The van der Waals surface area contributed by atoms with Crippen LogP contribution in [-0.2, 0) is 16.9 Å². The lowest BCUT2D eigenvalue weighted by atomic mass is 9.79. The van der Waals surface area contributed by atoms with Crippen LogP contribution in [0.4, 0.5) is 0 Å². The Hall–Kier alpha value is -3.44. The van der Waals surface area contributed by atoms with Crippen LogP contribution in [0.1, 0.15) is 79.6 Å². The van der Waals surface area contributed by atoms with Gasteiger partial charge >= 0.3 is 5.69 Å². The van der Waals surface area contributed by atoms with E-state index in [1.54, 1.807) is 21.0 Å². The van der Waals surface area contributed by atoms with E-state index in [0.29, 0.717) is 33.5 Å². The van der Waals surface area contributed by atoms with Gasteiger partial charge < -0.3 is 20.9 Å². The van der Waals surface area contributed by atoms with Crippen LogP contribution in [-0.4, -0.2) is 45.8 Å². The Morgan fingerprint density at radius 2 is 1.85 bits per heavy atom. The Labute approximate surface area is 243 Å². The molecule has 11 heteroatoms. The number of benzene rings is 1. The first-order valence-electron chi connectivity index (χ1n) is 14.1. The standard InChI is InChI=1S/C30H40N4O6S/c1-6-32-25(36)24-17(2)23-26(37)34(30(3,4)28(31)38)29(39)33(27(23)41-24)16-19(15-18-11-13-20(35)14-12-18)21-9-7-8-10-22(21)40-5/h7-10,18-20,35H,6,11-16H2,1-5H3,(H2,31,38)(H,32,36)/t18-,19-,20+/m0/s1. The third-order valence-corrected chi connectivity index (χ3v) is 9.65. The summed E-state index contributed by atoms with van der Waals surface area (Å²) in [6.45, 7) is 6.99. The van der Waals surface area contributed by atoms with Crippen LogP contribution in [0.15, 0.2) is 33.9 Å². The minimum absolute atomic E-state index is 0.190. The molecule has 2 aromatic heterocycles. The van der Waals surface area contributed by atoms with Crippen LogP contribution >= 0.6 is 11.3 Å². The number of para-hydroxylation sites is 1. The summed E-state index contributed by atoms with van der Waals surface area (Å²) in [5.41, 5.74) is 4.15. The van der Waals surface area contributed by atoms with Crippen molar-refractivity contribution in [3.8, 4) is 5.75 Å². The molecule has 10 nitrogen and oxygen atoms in total. The van der Waals surface area contributed by atoms with Crippen molar-refractivity contribution < 1.29 is 19.4 Å². The van der Waals surface area contributed by atoms with E-state index in [2.05, 4.69) is 5.32 Å². The van der Waals surface area contributed by atoms with Crippen molar-refractivity contribution in [2.75, 3.05) is 13.7 Å². The van der Waals surface area contributed by atoms with E-state index in [1.165, 1.54) is 18.4 Å². The molecule has 1 aromatic carbocycles. The van der Waals surface area contributed by atoms with Gasteiger partial charge in [0.25, 0.3) is 11.5 Å². The third-order valence-electron chi connectivity index (χ3n) is 8.33. The zero-order valence-corrected chi connectivity index (χ0v) is 25.2. The Morgan fingerprint density at radius 3 is 2.46 bits per heavy atom. The van der Waals surface area contributed by atoms with Crippen LogP contribution < -0.4 is 27.0 Å². The molecule has 0 unspecified atom stereocenters. The number of amides is 2. The molecular weight excluding hydrogens is 544 g/mol. The van der Waals surface area contributed by atoms with Crippen molar-refractivity contribution in [3.63, 3.8) is 0 Å². The molecule has 1 fully saturated rings. The number of nitrogens with zero attached hydrogens (tertiary/aromatic N) is 2. The van der Waals surface area contributed by atoms with Crippen molar-refractivity contribution >= 4 is 33.4 Å². The Kier molecular flexibility index (Phi) is 9.08. The third kappa shape index (κ3) is 5.83. The highest BCUT2D eigenvalue weighted by Crippen LogP contribution is 2.38. The molecule has 0 spiro atoms. The first-order chi connectivity index (χ1) is 19.4. The largest absolute Gasteiger partial charge is 0.496 e. The first kappa shape index (κ1) is 30.5. The smallest absolute Gasteiger partial charge is 0.333 e. The quantitative estimate of drug-likeness (QED) is 0.334. The summed E-state index contributed by atoms with van der Waals surface area (Å²) >= 11 is 1.11. The number of hydrogen-bond acceptors (Lipinski definition) is 7. The summed E-state index contributed by atoms with van der Waals surface area (Å²) in [7, 11) is 1.61. The number of aliphatic hydroxyl groups excluding tert-OH is 1. The zero-order chi connectivity index (χ0) is 30.1. The Balaban J connectivity index is 1.97. The summed E-state index contributed by atoms with van der Waals surface area (Å²) < 4.78 is 8.15. The molecule has 1 aliphatic rings. The molecule has 222 valence electrons. The van der Waals surface area contributed by atoms with E-state index >= 15 is 0 Å². The number of aromatic nitrogens is 2. The molecule has 1 atom stereocenters. The second kappa shape index (κ2) is 12.2. The van der Waals surface area contributed by atoms with E-state index in [1.807, 2.05) is 24.3 Å². The fraction of sp³-hybridized carbons (Fsp3) is 0.533. The fourth-order valence-corrected chi connectivity index (χ4v) is 7.09. The number of carbonyl (C=O) groups is 2. The van der Waals surface area contributed by atoms with E-state index in [0.717, 1.165) is 53.6 Å². The summed E-state index contributed by atoms with van der Waals surface area (Å²) in [6.07, 6.45) is 3.62. The molecule has 2 amide bonds. The molecule has 1 saturated carbocycles. The molecule has 3 aromatic rings. The van der Waals surface area contributed by atoms with Crippen molar-refractivity contribution in [1.29, 1.82) is 0 Å². The summed E-state index contributed by atoms with van der Waals surface area (Å²) in [6, 6.07) is 7.67. The highest BCUT2D eigenvalue weighted by Gasteiger charge is 2.35. The second-order valence-corrected chi connectivity index (χ2v) is 12.4. The summed E-state index contributed by atoms with van der Waals surface area (Å²) in [5.74, 6) is -0.323. The summed E-state index contributed by atoms with van der Waals surface area (Å²) in [4.78, 5) is 54.2. The molecule has 1 aliphatic carbocycles. The number of methoxy groups -OCH3 is 1. The van der Waals surface area contributed by atoms with Gasteiger partial charge in [-0.1, -0.05) is 18.2 Å². The molecular formula is C30H40N4O6S. The molecule has 41 heavy (non-hydrogen) atoms. The molecule has 0 aliphatic heterocycles. The lowest BCUT2D eigenvalue weighted by molar-refractivity contribution is -0.125. The number of aliphatic hydroxyl groups is 1. The van der Waals surface area contributed by atoms with Gasteiger partial charge in [-0.2, -0.15) is 0 Å². The first-order valence-corrected chi connectivity index (χ1v) is 14.9. The second-order valence-electron chi connectivity index (χ2n) is 11.4.